The van der Waals surface area contributed by atoms with Gasteiger partial charge in [0.2, 0.25) is 0 Å². The molecule has 0 spiro atoms. The van der Waals surface area contributed by atoms with Crippen LogP contribution < -0.4 is 10.1 Å². The maximum absolute atomic E-state index is 12.5. The maximum Gasteiger partial charge on any atom is 0.355 e. The molecule has 1 aromatic carbocycles. The smallest absolute Gasteiger partial charge is 0.355 e. The Balaban J connectivity index is 2.08. The number of ether oxygens (including phenoxy) is 3. The quantitative estimate of drug-likeness (QED) is 0.706. The van der Waals surface area contributed by atoms with Crippen molar-refractivity contribution in [1.29, 1.82) is 0 Å². The van der Waals surface area contributed by atoms with Gasteiger partial charge in [-0.2, -0.15) is 0 Å². The standard InChI is InChI=1S/C20H24N2O6/c1-6-27-19(24)16-11(2)17(21-12(16)3)20(25)28-13(4)18(23)22-14-8-7-9-15(10-14)26-5/h7-10,13,21H,6H2,1-5H3,(H,22,23). The number of carbonyl (C=O) groups excluding carboxylic acids is 3. The van der Waals surface area contributed by atoms with E-state index in [1.807, 2.05) is 0 Å². The van der Waals surface area contributed by atoms with Crippen molar-refractivity contribution in [3.8, 4) is 5.75 Å². The monoisotopic (exact) mass is 388 g/mol. The number of hydrogen-bond donors (Lipinski definition) is 2. The number of methoxy groups -OCH3 is 1. The van der Waals surface area contributed by atoms with Crippen LogP contribution in [0.1, 0.15) is 46.0 Å². The van der Waals surface area contributed by atoms with E-state index in [0.717, 1.165) is 0 Å². The summed E-state index contributed by atoms with van der Waals surface area (Å²) >= 11 is 0. The third kappa shape index (κ3) is 4.70. The molecule has 2 rings (SSSR count). The Morgan fingerprint density at radius 1 is 1.18 bits per heavy atom. The van der Waals surface area contributed by atoms with Gasteiger partial charge in [-0.1, -0.05) is 6.07 Å². The van der Waals surface area contributed by atoms with Gasteiger partial charge in [-0.3, -0.25) is 4.79 Å². The van der Waals surface area contributed by atoms with Crippen molar-refractivity contribution in [3.05, 3.63) is 46.8 Å². The predicted octanol–water partition coefficient (Wildman–Crippen LogP) is 3.00. The van der Waals surface area contributed by atoms with Gasteiger partial charge in [-0.25, -0.2) is 9.59 Å². The Kier molecular flexibility index (Phi) is 6.81. The van der Waals surface area contributed by atoms with Crippen molar-refractivity contribution < 1.29 is 28.6 Å². The molecule has 0 bridgehead atoms. The number of carbonyl (C=O) groups is 3. The topological polar surface area (TPSA) is 107 Å². The number of aromatic nitrogens is 1. The lowest BCUT2D eigenvalue weighted by Crippen LogP contribution is -2.30. The molecule has 28 heavy (non-hydrogen) atoms. The van der Waals surface area contributed by atoms with E-state index >= 15 is 0 Å². The molecule has 0 saturated heterocycles. The van der Waals surface area contributed by atoms with E-state index in [1.54, 1.807) is 45.0 Å². The fourth-order valence-corrected chi connectivity index (χ4v) is 2.68. The maximum atomic E-state index is 12.5. The van der Waals surface area contributed by atoms with Crippen LogP contribution >= 0.6 is 0 Å². The van der Waals surface area contributed by atoms with Crippen molar-refractivity contribution >= 4 is 23.5 Å². The van der Waals surface area contributed by atoms with Gasteiger partial charge in [-0.15, -0.1) is 0 Å². The summed E-state index contributed by atoms with van der Waals surface area (Å²) < 4.78 is 15.4. The molecule has 2 aromatic rings. The zero-order valence-electron chi connectivity index (χ0n) is 16.5. The number of hydrogen-bond acceptors (Lipinski definition) is 6. The molecule has 8 heteroatoms. The third-order valence-corrected chi connectivity index (χ3v) is 4.11. The van der Waals surface area contributed by atoms with Gasteiger partial charge in [0.25, 0.3) is 5.91 Å². The Morgan fingerprint density at radius 3 is 2.54 bits per heavy atom. The van der Waals surface area contributed by atoms with Crippen LogP contribution in [0.4, 0.5) is 5.69 Å². The van der Waals surface area contributed by atoms with Crippen molar-refractivity contribution in [2.75, 3.05) is 19.0 Å². The summed E-state index contributed by atoms with van der Waals surface area (Å²) in [5, 5.41) is 2.66. The van der Waals surface area contributed by atoms with E-state index in [4.69, 9.17) is 14.2 Å². The molecule has 2 N–H and O–H groups in total. The highest BCUT2D eigenvalue weighted by atomic mass is 16.5. The highest BCUT2D eigenvalue weighted by Crippen LogP contribution is 2.21. The van der Waals surface area contributed by atoms with Gasteiger partial charge < -0.3 is 24.5 Å². The number of nitrogens with one attached hydrogen (secondary N) is 2. The number of esters is 2. The first-order chi connectivity index (χ1) is 13.3. The molecule has 0 aliphatic carbocycles. The average Bonchev–Trinajstić information content (AvgIpc) is 2.96. The van der Waals surface area contributed by atoms with E-state index in [0.29, 0.717) is 28.3 Å². The molecule has 1 unspecified atom stereocenters. The van der Waals surface area contributed by atoms with Crippen LogP contribution in [0.15, 0.2) is 24.3 Å². The van der Waals surface area contributed by atoms with Crippen LogP contribution in [-0.4, -0.2) is 42.7 Å². The highest BCUT2D eigenvalue weighted by molar-refractivity contribution is 6.00. The van der Waals surface area contributed by atoms with Crippen molar-refractivity contribution in [2.24, 2.45) is 0 Å². The van der Waals surface area contributed by atoms with Gasteiger partial charge in [0.15, 0.2) is 6.10 Å². The lowest BCUT2D eigenvalue weighted by Gasteiger charge is -2.14. The van der Waals surface area contributed by atoms with Crippen LogP contribution in [-0.2, 0) is 14.3 Å². The Hall–Kier alpha value is -3.29. The fourth-order valence-electron chi connectivity index (χ4n) is 2.68. The molecular formula is C20H24N2O6. The van der Waals surface area contributed by atoms with Crippen LogP contribution in [0.25, 0.3) is 0 Å². The van der Waals surface area contributed by atoms with Gasteiger partial charge in [0.1, 0.15) is 11.4 Å². The number of amides is 1. The lowest BCUT2D eigenvalue weighted by molar-refractivity contribution is -0.123. The van der Waals surface area contributed by atoms with Gasteiger partial charge >= 0.3 is 11.9 Å². The molecule has 1 amide bonds. The largest absolute Gasteiger partial charge is 0.497 e. The first-order valence-electron chi connectivity index (χ1n) is 8.80. The minimum absolute atomic E-state index is 0.113. The van der Waals surface area contributed by atoms with Crippen LogP contribution in [0, 0.1) is 13.8 Å². The van der Waals surface area contributed by atoms with Gasteiger partial charge in [-0.05, 0) is 45.4 Å². The number of anilines is 1. The van der Waals surface area contributed by atoms with E-state index in [1.165, 1.54) is 14.0 Å². The van der Waals surface area contributed by atoms with Gasteiger partial charge in [0, 0.05) is 17.4 Å². The summed E-state index contributed by atoms with van der Waals surface area (Å²) in [7, 11) is 1.52. The fraction of sp³-hybridized carbons (Fsp3) is 0.350. The minimum atomic E-state index is -1.05. The van der Waals surface area contributed by atoms with E-state index in [2.05, 4.69) is 10.3 Å². The third-order valence-electron chi connectivity index (χ3n) is 4.11. The second-order valence-electron chi connectivity index (χ2n) is 6.11. The molecule has 0 aliphatic heterocycles. The highest BCUT2D eigenvalue weighted by Gasteiger charge is 2.26. The van der Waals surface area contributed by atoms with Crippen LogP contribution in [0.5, 0.6) is 5.75 Å². The SMILES string of the molecule is CCOC(=O)c1c(C)[nH]c(C(=O)OC(C)C(=O)Nc2cccc(OC)c2)c1C. The minimum Gasteiger partial charge on any atom is -0.497 e. The zero-order chi connectivity index (χ0) is 20.8. The number of H-pyrrole nitrogens is 1. The van der Waals surface area contributed by atoms with E-state index in [-0.39, 0.29) is 12.3 Å². The molecule has 1 aromatic heterocycles. The van der Waals surface area contributed by atoms with Gasteiger partial charge in [0.05, 0.1) is 19.3 Å². The summed E-state index contributed by atoms with van der Waals surface area (Å²) in [4.78, 5) is 39.7. The number of rotatable bonds is 7. The van der Waals surface area contributed by atoms with Crippen molar-refractivity contribution in [3.63, 3.8) is 0 Å². The first kappa shape index (κ1) is 21.0. The Morgan fingerprint density at radius 2 is 1.89 bits per heavy atom. The summed E-state index contributed by atoms with van der Waals surface area (Å²) in [6.45, 7) is 6.67. The van der Waals surface area contributed by atoms with Crippen molar-refractivity contribution in [1.82, 2.24) is 4.98 Å². The second kappa shape index (κ2) is 9.07. The van der Waals surface area contributed by atoms with E-state index in [9.17, 15) is 14.4 Å². The Labute approximate surface area is 163 Å². The molecule has 0 aliphatic rings. The summed E-state index contributed by atoms with van der Waals surface area (Å²) in [5.41, 5.74) is 1.84. The number of aryl methyl sites for hydroxylation is 1. The average molecular weight is 388 g/mol. The van der Waals surface area contributed by atoms with Crippen LogP contribution in [0.2, 0.25) is 0 Å². The van der Waals surface area contributed by atoms with Crippen LogP contribution in [0.3, 0.4) is 0 Å². The molecular weight excluding hydrogens is 364 g/mol. The second-order valence-corrected chi connectivity index (χ2v) is 6.11. The summed E-state index contributed by atoms with van der Waals surface area (Å²) in [6.07, 6.45) is -1.05. The molecule has 8 nitrogen and oxygen atoms in total. The number of aromatic amines is 1. The first-order valence-corrected chi connectivity index (χ1v) is 8.80. The summed E-state index contributed by atoms with van der Waals surface area (Å²) in [6, 6.07) is 6.82. The molecule has 1 atom stereocenters. The molecule has 0 saturated carbocycles. The normalized spacial score (nSPS) is 11.5. The lowest BCUT2D eigenvalue weighted by atomic mass is 10.1. The molecule has 0 fully saturated rings. The Bertz CT molecular complexity index is 887. The summed E-state index contributed by atoms with van der Waals surface area (Å²) in [5.74, 6) is -1.15. The molecule has 150 valence electrons. The molecule has 1 heterocycles. The zero-order valence-corrected chi connectivity index (χ0v) is 16.5. The number of benzene rings is 1. The van der Waals surface area contributed by atoms with Crippen molar-refractivity contribution in [2.45, 2.75) is 33.8 Å². The van der Waals surface area contributed by atoms with E-state index < -0.39 is 23.9 Å². The predicted molar refractivity (Wildman–Crippen MR) is 103 cm³/mol. The molecule has 0 radical (unpaired) electrons.